The fraction of sp³-hybridized carbons (Fsp3) is 0.529. The molecule has 2 aliphatic rings. The van der Waals surface area contributed by atoms with Crippen LogP contribution in [-0.4, -0.2) is 49.5 Å². The van der Waals surface area contributed by atoms with E-state index in [0.717, 1.165) is 12.0 Å². The molecule has 142 valence electrons. The fourth-order valence-electron chi connectivity index (χ4n) is 3.22. The first-order valence-electron chi connectivity index (χ1n) is 8.50. The molecule has 0 spiro atoms. The summed E-state index contributed by atoms with van der Waals surface area (Å²) in [4.78, 5) is 26.0. The van der Waals surface area contributed by atoms with E-state index in [1.807, 2.05) is 4.90 Å². The van der Waals surface area contributed by atoms with Crippen molar-refractivity contribution in [1.82, 2.24) is 4.90 Å². The number of primary sulfonamides is 1. The number of ether oxygens (including phenoxy) is 1. The van der Waals surface area contributed by atoms with Crippen molar-refractivity contribution in [3.8, 4) is 0 Å². The molecule has 1 aromatic rings. The summed E-state index contributed by atoms with van der Waals surface area (Å²) in [5.74, 6) is 0.401. The summed E-state index contributed by atoms with van der Waals surface area (Å²) in [6, 6.07) is 6.36. The van der Waals surface area contributed by atoms with Crippen LogP contribution in [0.1, 0.15) is 18.9 Å². The van der Waals surface area contributed by atoms with Crippen LogP contribution in [0, 0.1) is 11.8 Å². The zero-order chi connectivity index (χ0) is 18.9. The minimum Gasteiger partial charge on any atom is -0.466 e. The van der Waals surface area contributed by atoms with Gasteiger partial charge in [-0.05, 0) is 37.5 Å². The van der Waals surface area contributed by atoms with Gasteiger partial charge in [0.15, 0.2) is 0 Å². The number of rotatable bonds is 7. The van der Waals surface area contributed by atoms with Crippen LogP contribution < -0.4 is 5.14 Å². The summed E-state index contributed by atoms with van der Waals surface area (Å²) in [6.07, 6.45) is 1.38. The van der Waals surface area contributed by atoms with E-state index in [9.17, 15) is 18.0 Å². The van der Waals surface area contributed by atoms with Gasteiger partial charge in [-0.25, -0.2) is 13.6 Å². The summed E-state index contributed by atoms with van der Waals surface area (Å²) < 4.78 is 27.7. The number of amides is 1. The molecule has 1 saturated heterocycles. The van der Waals surface area contributed by atoms with Gasteiger partial charge in [-0.2, -0.15) is 0 Å². The maximum atomic E-state index is 12.2. The smallest absolute Gasteiger partial charge is 0.309 e. The Morgan fingerprint density at radius 2 is 2.04 bits per heavy atom. The van der Waals surface area contributed by atoms with Gasteiger partial charge in [0.25, 0.3) is 0 Å². The first kappa shape index (κ1) is 19.2. The average molecular weight is 399 g/mol. The second kappa shape index (κ2) is 7.58. The highest BCUT2D eigenvalue weighted by Crippen LogP contribution is 2.49. The summed E-state index contributed by atoms with van der Waals surface area (Å²) in [7, 11) is -3.70. The van der Waals surface area contributed by atoms with Gasteiger partial charge >= 0.3 is 5.97 Å². The molecule has 1 amide bonds. The van der Waals surface area contributed by atoms with Gasteiger partial charge in [0.1, 0.15) is 0 Å². The number of carbonyl (C=O) groups excluding carboxylic acids is 2. The first-order valence-corrected chi connectivity index (χ1v) is 11.1. The molecule has 3 rings (SSSR count). The maximum absolute atomic E-state index is 12.2. The van der Waals surface area contributed by atoms with Crippen molar-refractivity contribution in [3.05, 3.63) is 29.8 Å². The van der Waals surface area contributed by atoms with E-state index in [-0.39, 0.29) is 34.0 Å². The van der Waals surface area contributed by atoms with Gasteiger partial charge in [-0.15, -0.1) is 11.8 Å². The highest BCUT2D eigenvalue weighted by atomic mass is 32.2. The lowest BCUT2D eigenvalue weighted by atomic mass is 10.1. The highest BCUT2D eigenvalue weighted by molar-refractivity contribution is 8.01. The summed E-state index contributed by atoms with van der Waals surface area (Å²) in [6.45, 7) is 2.70. The van der Waals surface area contributed by atoms with E-state index in [1.54, 1.807) is 30.8 Å². The van der Waals surface area contributed by atoms with Crippen LogP contribution in [0.15, 0.2) is 29.2 Å². The Hall–Kier alpha value is -1.58. The molecule has 0 radical (unpaired) electrons. The summed E-state index contributed by atoms with van der Waals surface area (Å²) in [5, 5.41) is 5.11. The molecule has 3 atom stereocenters. The molecule has 0 aromatic heterocycles. The third-order valence-electron chi connectivity index (χ3n) is 4.69. The summed E-state index contributed by atoms with van der Waals surface area (Å²) in [5.41, 5.74) is 0.929. The van der Waals surface area contributed by atoms with Crippen LogP contribution in [0.4, 0.5) is 0 Å². The summed E-state index contributed by atoms with van der Waals surface area (Å²) >= 11 is 1.58. The molecule has 0 bridgehead atoms. The third-order valence-corrected chi connectivity index (χ3v) is 6.98. The molecule has 26 heavy (non-hydrogen) atoms. The first-order chi connectivity index (χ1) is 12.3. The normalized spacial score (nSPS) is 25.4. The number of hydrogen-bond acceptors (Lipinski definition) is 6. The zero-order valence-corrected chi connectivity index (χ0v) is 16.1. The van der Waals surface area contributed by atoms with Gasteiger partial charge < -0.3 is 9.64 Å². The molecule has 3 unspecified atom stereocenters. The van der Waals surface area contributed by atoms with Crippen LogP contribution in [0.5, 0.6) is 0 Å². The van der Waals surface area contributed by atoms with Gasteiger partial charge in [0.2, 0.25) is 15.9 Å². The molecule has 1 heterocycles. The Labute approximate surface area is 157 Å². The SMILES string of the molecule is CCOC(=O)C1CC1C1SCC(=O)N1CCc1ccc(S(N)(=O)=O)cc1. The van der Waals surface area contributed by atoms with Crippen molar-refractivity contribution in [3.63, 3.8) is 0 Å². The number of carbonyl (C=O) groups is 2. The van der Waals surface area contributed by atoms with Gasteiger partial charge in [-0.1, -0.05) is 12.1 Å². The molecule has 1 aromatic carbocycles. The van der Waals surface area contributed by atoms with Crippen LogP contribution in [-0.2, 0) is 30.8 Å². The molecule has 2 fully saturated rings. The van der Waals surface area contributed by atoms with Gasteiger partial charge in [-0.3, -0.25) is 9.59 Å². The molecule has 1 aliphatic carbocycles. The standard InChI is InChI=1S/C17H22N2O5S2/c1-2-24-17(21)14-9-13(14)16-19(15(20)10-25-16)8-7-11-3-5-12(6-4-11)26(18,22)23/h3-6,13-14,16H,2,7-10H2,1H3,(H2,18,22,23). The van der Waals surface area contributed by atoms with E-state index in [4.69, 9.17) is 9.88 Å². The molecule has 1 aliphatic heterocycles. The number of sulfonamides is 1. The van der Waals surface area contributed by atoms with Crippen molar-refractivity contribution >= 4 is 33.7 Å². The predicted octanol–water partition coefficient (Wildman–Crippen LogP) is 0.977. The minimum absolute atomic E-state index is 0.0144. The van der Waals surface area contributed by atoms with E-state index in [0.29, 0.717) is 25.3 Å². The van der Waals surface area contributed by atoms with Crippen molar-refractivity contribution < 1.29 is 22.7 Å². The van der Waals surface area contributed by atoms with E-state index >= 15 is 0 Å². The monoisotopic (exact) mass is 398 g/mol. The van der Waals surface area contributed by atoms with Crippen molar-refractivity contribution in [1.29, 1.82) is 0 Å². The topological polar surface area (TPSA) is 107 Å². The van der Waals surface area contributed by atoms with Crippen LogP contribution in [0.25, 0.3) is 0 Å². The van der Waals surface area contributed by atoms with Crippen LogP contribution in [0.2, 0.25) is 0 Å². The lowest BCUT2D eigenvalue weighted by Crippen LogP contribution is -2.36. The minimum atomic E-state index is -3.70. The molecule has 9 heteroatoms. The number of hydrogen-bond donors (Lipinski definition) is 1. The van der Waals surface area contributed by atoms with Crippen molar-refractivity contribution in [2.45, 2.75) is 30.0 Å². The zero-order valence-electron chi connectivity index (χ0n) is 14.5. The largest absolute Gasteiger partial charge is 0.466 e. The molecule has 7 nitrogen and oxygen atoms in total. The maximum Gasteiger partial charge on any atom is 0.309 e. The Morgan fingerprint density at radius 1 is 1.35 bits per heavy atom. The number of benzene rings is 1. The molecule has 1 saturated carbocycles. The lowest BCUT2D eigenvalue weighted by Gasteiger charge is -2.24. The highest BCUT2D eigenvalue weighted by Gasteiger charge is 2.53. The van der Waals surface area contributed by atoms with E-state index < -0.39 is 10.0 Å². The Kier molecular flexibility index (Phi) is 5.59. The second-order valence-corrected chi connectivity index (χ2v) is 9.15. The van der Waals surface area contributed by atoms with E-state index in [2.05, 4.69) is 0 Å². The van der Waals surface area contributed by atoms with E-state index in [1.165, 1.54) is 12.1 Å². The fourth-order valence-corrected chi connectivity index (χ4v) is 5.17. The number of thioether (sulfide) groups is 1. The quantitative estimate of drug-likeness (QED) is 0.686. The molecular weight excluding hydrogens is 376 g/mol. The Morgan fingerprint density at radius 3 is 2.65 bits per heavy atom. The van der Waals surface area contributed by atoms with Gasteiger partial charge in [0, 0.05) is 12.5 Å². The average Bonchev–Trinajstić information content (AvgIpc) is 3.30. The van der Waals surface area contributed by atoms with Crippen LogP contribution >= 0.6 is 11.8 Å². The number of nitrogens with two attached hydrogens (primary N) is 1. The number of esters is 1. The lowest BCUT2D eigenvalue weighted by molar-refractivity contribution is -0.145. The molecular formula is C17H22N2O5S2. The van der Waals surface area contributed by atoms with Crippen molar-refractivity contribution in [2.24, 2.45) is 17.0 Å². The Bertz CT molecular complexity index is 794. The molecule has 2 N–H and O–H groups in total. The predicted molar refractivity (Wildman–Crippen MR) is 97.7 cm³/mol. The van der Waals surface area contributed by atoms with Crippen LogP contribution in [0.3, 0.4) is 0 Å². The Balaban J connectivity index is 1.59. The number of nitrogens with zero attached hydrogens (tertiary/aromatic N) is 1. The second-order valence-electron chi connectivity index (χ2n) is 6.49. The van der Waals surface area contributed by atoms with Crippen molar-refractivity contribution in [2.75, 3.05) is 18.9 Å². The van der Waals surface area contributed by atoms with Gasteiger partial charge in [0.05, 0.1) is 28.5 Å². The third kappa shape index (κ3) is 4.21.